The molecule has 1 saturated heterocycles. The molecule has 1 N–H and O–H groups in total. The van der Waals surface area contributed by atoms with Gasteiger partial charge in [-0.1, -0.05) is 38.5 Å². The molecule has 0 bridgehead atoms. The molecular weight excluding hydrogens is 342 g/mol. The molecule has 6 heteroatoms. The van der Waals surface area contributed by atoms with E-state index in [-0.39, 0.29) is 17.9 Å². The molecule has 2 aromatic rings. The molecule has 27 heavy (non-hydrogen) atoms. The first-order chi connectivity index (χ1) is 12.5. The highest BCUT2D eigenvalue weighted by Crippen LogP contribution is 2.33. The first-order valence-electron chi connectivity index (χ1n) is 9.21. The summed E-state index contributed by atoms with van der Waals surface area (Å²) in [5, 5.41) is 14.1. The maximum atomic E-state index is 13.2. The van der Waals surface area contributed by atoms with E-state index in [2.05, 4.69) is 0 Å². The van der Waals surface area contributed by atoms with Crippen molar-refractivity contribution in [2.75, 3.05) is 13.1 Å². The summed E-state index contributed by atoms with van der Waals surface area (Å²) < 4.78 is 1.74. The maximum Gasteiger partial charge on any atom is 0.311 e. The molecule has 1 aliphatic rings. The van der Waals surface area contributed by atoms with Gasteiger partial charge >= 0.3 is 5.97 Å². The average molecular weight is 369 g/mol. The summed E-state index contributed by atoms with van der Waals surface area (Å²) in [5.74, 6) is -1.01. The number of carboxylic acids is 1. The summed E-state index contributed by atoms with van der Waals surface area (Å²) in [5.41, 5.74) is 2.11. The standard InChI is InChI=1S/C21H27N3O3/c1-14-6-8-15(9-7-14)24-12-16(17(22-24)20(2,3)4)18(25)23-11-10-21(5,13-23)19(26)27/h6-9,12H,10-11,13H2,1-5H3,(H,26,27). The number of benzene rings is 1. The van der Waals surface area contributed by atoms with E-state index in [0.29, 0.717) is 18.5 Å². The summed E-state index contributed by atoms with van der Waals surface area (Å²) in [4.78, 5) is 26.4. The fourth-order valence-electron chi connectivity index (χ4n) is 3.39. The zero-order valence-corrected chi connectivity index (χ0v) is 16.6. The van der Waals surface area contributed by atoms with Gasteiger partial charge in [-0.05, 0) is 32.4 Å². The fourth-order valence-corrected chi connectivity index (χ4v) is 3.39. The second-order valence-corrected chi connectivity index (χ2v) is 8.76. The molecule has 3 rings (SSSR count). The topological polar surface area (TPSA) is 75.4 Å². The molecule has 0 aliphatic carbocycles. The van der Waals surface area contributed by atoms with Crippen molar-refractivity contribution in [1.29, 1.82) is 0 Å². The van der Waals surface area contributed by atoms with Crippen molar-refractivity contribution >= 4 is 11.9 Å². The van der Waals surface area contributed by atoms with Crippen LogP contribution in [0.3, 0.4) is 0 Å². The lowest BCUT2D eigenvalue weighted by atomic mass is 9.89. The van der Waals surface area contributed by atoms with Gasteiger partial charge in [-0.2, -0.15) is 5.10 Å². The third-order valence-corrected chi connectivity index (χ3v) is 5.23. The fraction of sp³-hybridized carbons (Fsp3) is 0.476. The van der Waals surface area contributed by atoms with Gasteiger partial charge in [0.05, 0.1) is 22.4 Å². The number of likely N-dealkylation sites (tertiary alicyclic amines) is 1. The van der Waals surface area contributed by atoms with Crippen molar-refractivity contribution in [2.45, 2.75) is 46.5 Å². The summed E-state index contributed by atoms with van der Waals surface area (Å²) in [6, 6.07) is 7.96. The minimum atomic E-state index is -0.884. The van der Waals surface area contributed by atoms with Gasteiger partial charge in [-0.25, -0.2) is 4.68 Å². The van der Waals surface area contributed by atoms with E-state index in [0.717, 1.165) is 16.9 Å². The first kappa shape index (κ1) is 19.1. The van der Waals surface area contributed by atoms with E-state index in [1.54, 1.807) is 22.7 Å². The first-order valence-corrected chi connectivity index (χ1v) is 9.21. The lowest BCUT2D eigenvalue weighted by Gasteiger charge is -2.22. The van der Waals surface area contributed by atoms with Gasteiger partial charge in [0.15, 0.2) is 0 Å². The number of aliphatic carboxylic acids is 1. The summed E-state index contributed by atoms with van der Waals surface area (Å²) in [6.07, 6.45) is 2.23. The van der Waals surface area contributed by atoms with Gasteiger partial charge in [0.2, 0.25) is 0 Å². The van der Waals surface area contributed by atoms with Gasteiger partial charge < -0.3 is 10.0 Å². The van der Waals surface area contributed by atoms with Gasteiger partial charge in [-0.3, -0.25) is 9.59 Å². The van der Waals surface area contributed by atoms with Gasteiger partial charge in [0.1, 0.15) is 0 Å². The van der Waals surface area contributed by atoms with E-state index in [1.807, 2.05) is 52.0 Å². The summed E-state index contributed by atoms with van der Waals surface area (Å²) in [6.45, 7) is 10.5. The third kappa shape index (κ3) is 3.61. The number of carbonyl (C=O) groups is 2. The van der Waals surface area contributed by atoms with Crippen molar-refractivity contribution in [3.63, 3.8) is 0 Å². The Hall–Kier alpha value is -2.63. The molecule has 0 saturated carbocycles. The normalized spacial score (nSPS) is 20.1. The largest absolute Gasteiger partial charge is 0.481 e. The highest BCUT2D eigenvalue weighted by Gasteiger charge is 2.43. The predicted molar refractivity (Wildman–Crippen MR) is 103 cm³/mol. The third-order valence-electron chi connectivity index (χ3n) is 5.23. The molecule has 0 radical (unpaired) electrons. The van der Waals surface area contributed by atoms with E-state index in [1.165, 1.54) is 0 Å². The Morgan fingerprint density at radius 3 is 2.33 bits per heavy atom. The van der Waals surface area contributed by atoms with Gasteiger partial charge in [0.25, 0.3) is 5.91 Å². The summed E-state index contributed by atoms with van der Waals surface area (Å²) in [7, 11) is 0. The van der Waals surface area contributed by atoms with Crippen molar-refractivity contribution < 1.29 is 14.7 Å². The van der Waals surface area contributed by atoms with Crippen molar-refractivity contribution in [3.05, 3.63) is 47.3 Å². The number of aromatic nitrogens is 2. The zero-order valence-electron chi connectivity index (χ0n) is 16.6. The molecule has 1 fully saturated rings. The molecule has 6 nitrogen and oxygen atoms in total. The quantitative estimate of drug-likeness (QED) is 0.899. The van der Waals surface area contributed by atoms with E-state index in [4.69, 9.17) is 5.10 Å². The summed E-state index contributed by atoms with van der Waals surface area (Å²) >= 11 is 0. The molecule has 2 heterocycles. The highest BCUT2D eigenvalue weighted by molar-refractivity contribution is 5.96. The Kier molecular flexibility index (Phi) is 4.62. The van der Waals surface area contributed by atoms with Crippen LogP contribution in [-0.2, 0) is 10.2 Å². The van der Waals surface area contributed by atoms with Gasteiger partial charge in [-0.15, -0.1) is 0 Å². The number of rotatable bonds is 3. The Balaban J connectivity index is 1.98. The number of hydrogen-bond donors (Lipinski definition) is 1. The molecule has 1 atom stereocenters. The number of hydrogen-bond acceptors (Lipinski definition) is 3. The molecular formula is C21H27N3O3. The Bertz CT molecular complexity index is 877. The van der Waals surface area contributed by atoms with Crippen LogP contribution in [0.25, 0.3) is 5.69 Å². The molecule has 1 aliphatic heterocycles. The minimum absolute atomic E-state index is 0.150. The van der Waals surface area contributed by atoms with Crippen LogP contribution in [0.1, 0.15) is 55.7 Å². The van der Waals surface area contributed by atoms with Crippen molar-refractivity contribution in [2.24, 2.45) is 5.41 Å². The van der Waals surface area contributed by atoms with Crippen LogP contribution < -0.4 is 0 Å². The average Bonchev–Trinajstić information content (AvgIpc) is 3.20. The second kappa shape index (κ2) is 6.51. The van der Waals surface area contributed by atoms with Gasteiger partial charge in [0, 0.05) is 24.7 Å². The van der Waals surface area contributed by atoms with Crippen molar-refractivity contribution in [3.8, 4) is 5.69 Å². The molecule has 1 aromatic heterocycles. The van der Waals surface area contributed by atoms with Crippen LogP contribution in [-0.4, -0.2) is 44.8 Å². The van der Waals surface area contributed by atoms with Crippen LogP contribution in [0.15, 0.2) is 30.5 Å². The minimum Gasteiger partial charge on any atom is -0.481 e. The van der Waals surface area contributed by atoms with Crippen molar-refractivity contribution in [1.82, 2.24) is 14.7 Å². The number of carboxylic acid groups (broad SMARTS) is 1. The van der Waals surface area contributed by atoms with E-state index < -0.39 is 11.4 Å². The number of aryl methyl sites for hydroxylation is 1. The number of carbonyl (C=O) groups excluding carboxylic acids is 1. The Morgan fingerprint density at radius 1 is 1.19 bits per heavy atom. The predicted octanol–water partition coefficient (Wildman–Crippen LogP) is 3.42. The Morgan fingerprint density at radius 2 is 1.81 bits per heavy atom. The van der Waals surface area contributed by atoms with Crippen LogP contribution in [0.4, 0.5) is 0 Å². The second-order valence-electron chi connectivity index (χ2n) is 8.76. The van der Waals surface area contributed by atoms with Crippen LogP contribution >= 0.6 is 0 Å². The maximum absolute atomic E-state index is 13.2. The van der Waals surface area contributed by atoms with Crippen LogP contribution in [0, 0.1) is 12.3 Å². The molecule has 1 unspecified atom stereocenters. The Labute approximate surface area is 159 Å². The number of amides is 1. The van der Waals surface area contributed by atoms with E-state index >= 15 is 0 Å². The number of nitrogens with zero attached hydrogens (tertiary/aromatic N) is 3. The van der Waals surface area contributed by atoms with Crippen LogP contribution in [0.2, 0.25) is 0 Å². The lowest BCUT2D eigenvalue weighted by Crippen LogP contribution is -2.35. The molecule has 0 spiro atoms. The smallest absolute Gasteiger partial charge is 0.311 e. The monoisotopic (exact) mass is 369 g/mol. The van der Waals surface area contributed by atoms with E-state index in [9.17, 15) is 14.7 Å². The lowest BCUT2D eigenvalue weighted by molar-refractivity contribution is -0.147. The molecule has 1 aromatic carbocycles. The zero-order chi connectivity index (χ0) is 20.0. The van der Waals surface area contributed by atoms with Crippen LogP contribution in [0.5, 0.6) is 0 Å². The highest BCUT2D eigenvalue weighted by atomic mass is 16.4. The molecule has 1 amide bonds. The molecule has 144 valence electrons. The SMILES string of the molecule is Cc1ccc(-n2cc(C(=O)N3CCC(C)(C(=O)O)C3)c(C(C)(C)C)n2)cc1.